The summed E-state index contributed by atoms with van der Waals surface area (Å²) in [5.41, 5.74) is 0. The van der Waals surface area contributed by atoms with Crippen LogP contribution >= 0.6 is 22.7 Å². The molecule has 1 N–H and O–H groups in total. The van der Waals surface area contributed by atoms with Crippen LogP contribution in [0.3, 0.4) is 0 Å². The Morgan fingerprint density at radius 2 is 2.40 bits per heavy atom. The van der Waals surface area contributed by atoms with Crippen molar-refractivity contribution >= 4 is 22.7 Å². The molecule has 2 aromatic rings. The highest BCUT2D eigenvalue weighted by molar-refractivity contribution is 7.11. The minimum atomic E-state index is 0.411. The number of hydrogen-bond donors (Lipinski definition) is 1. The molecule has 80 valence electrons. The Morgan fingerprint density at radius 3 is 3.00 bits per heavy atom. The predicted molar refractivity (Wildman–Crippen MR) is 66.4 cm³/mol. The highest BCUT2D eigenvalue weighted by Gasteiger charge is 2.06. The predicted octanol–water partition coefficient (Wildman–Crippen LogP) is 3.36. The summed E-state index contributed by atoms with van der Waals surface area (Å²) in [6.07, 6.45) is 1.93. The summed E-state index contributed by atoms with van der Waals surface area (Å²) in [7, 11) is 0. The molecule has 0 aliphatic heterocycles. The Morgan fingerprint density at radius 1 is 1.53 bits per heavy atom. The third kappa shape index (κ3) is 2.87. The van der Waals surface area contributed by atoms with Crippen molar-refractivity contribution in [2.45, 2.75) is 26.4 Å². The van der Waals surface area contributed by atoms with E-state index in [0.717, 1.165) is 11.6 Å². The van der Waals surface area contributed by atoms with Crippen molar-refractivity contribution in [3.63, 3.8) is 0 Å². The van der Waals surface area contributed by atoms with Crippen LogP contribution in [0.5, 0.6) is 0 Å². The van der Waals surface area contributed by atoms with Gasteiger partial charge in [0.25, 0.3) is 0 Å². The van der Waals surface area contributed by atoms with Gasteiger partial charge in [-0.05, 0) is 25.3 Å². The lowest BCUT2D eigenvalue weighted by atomic mass is 10.3. The van der Waals surface area contributed by atoms with Gasteiger partial charge in [-0.1, -0.05) is 6.07 Å². The number of thiophene rings is 1. The van der Waals surface area contributed by atoms with Gasteiger partial charge in [0, 0.05) is 28.5 Å². The van der Waals surface area contributed by atoms with E-state index in [-0.39, 0.29) is 0 Å². The SMILES string of the molecule is Cc1cnc(CNC(C)c2cccs2)s1. The van der Waals surface area contributed by atoms with Crippen molar-refractivity contribution in [3.8, 4) is 0 Å². The van der Waals surface area contributed by atoms with Crippen molar-refractivity contribution in [2.75, 3.05) is 0 Å². The van der Waals surface area contributed by atoms with E-state index in [4.69, 9.17) is 0 Å². The first-order valence-electron chi connectivity index (χ1n) is 4.94. The molecular formula is C11H14N2S2. The molecule has 0 aliphatic carbocycles. The fourth-order valence-electron chi connectivity index (χ4n) is 1.36. The number of aryl methyl sites for hydroxylation is 1. The van der Waals surface area contributed by atoms with Crippen LogP contribution in [-0.2, 0) is 6.54 Å². The van der Waals surface area contributed by atoms with E-state index in [2.05, 4.69) is 41.7 Å². The molecule has 0 amide bonds. The normalized spacial score (nSPS) is 12.9. The first-order valence-corrected chi connectivity index (χ1v) is 6.63. The summed E-state index contributed by atoms with van der Waals surface area (Å²) < 4.78 is 0. The van der Waals surface area contributed by atoms with Gasteiger partial charge in [0.1, 0.15) is 5.01 Å². The Kier molecular flexibility index (Phi) is 3.51. The van der Waals surface area contributed by atoms with Crippen LogP contribution in [0.1, 0.15) is 27.7 Å². The lowest BCUT2D eigenvalue weighted by Crippen LogP contribution is -2.16. The standard InChI is InChI=1S/C11H14N2S2/c1-8-6-13-11(15-8)7-12-9(2)10-4-3-5-14-10/h3-6,9,12H,7H2,1-2H3. The van der Waals surface area contributed by atoms with Gasteiger partial charge in [-0.25, -0.2) is 4.98 Å². The van der Waals surface area contributed by atoms with Crippen LogP contribution in [0.15, 0.2) is 23.7 Å². The molecule has 0 saturated heterocycles. The summed E-state index contributed by atoms with van der Waals surface area (Å²) in [6, 6.07) is 4.66. The second-order valence-electron chi connectivity index (χ2n) is 3.48. The molecule has 0 fully saturated rings. The van der Waals surface area contributed by atoms with E-state index in [9.17, 15) is 0 Å². The maximum atomic E-state index is 4.33. The number of hydrogen-bond acceptors (Lipinski definition) is 4. The third-order valence-corrected chi connectivity index (χ3v) is 4.17. The molecule has 0 saturated carbocycles. The van der Waals surface area contributed by atoms with Gasteiger partial charge in [0.2, 0.25) is 0 Å². The van der Waals surface area contributed by atoms with Gasteiger partial charge in [0.15, 0.2) is 0 Å². The minimum absolute atomic E-state index is 0.411. The van der Waals surface area contributed by atoms with Crippen molar-refractivity contribution in [1.82, 2.24) is 10.3 Å². The molecule has 0 bridgehead atoms. The average Bonchev–Trinajstić information content (AvgIpc) is 2.84. The topological polar surface area (TPSA) is 24.9 Å². The van der Waals surface area contributed by atoms with E-state index < -0.39 is 0 Å². The van der Waals surface area contributed by atoms with Gasteiger partial charge < -0.3 is 5.32 Å². The number of thiazole rings is 1. The largest absolute Gasteiger partial charge is 0.303 e. The summed E-state index contributed by atoms with van der Waals surface area (Å²) in [6.45, 7) is 5.13. The fraction of sp³-hybridized carbons (Fsp3) is 0.364. The van der Waals surface area contributed by atoms with E-state index in [1.807, 2.05) is 6.20 Å². The maximum Gasteiger partial charge on any atom is 0.107 e. The lowest BCUT2D eigenvalue weighted by molar-refractivity contribution is 0.581. The van der Waals surface area contributed by atoms with Crippen molar-refractivity contribution in [3.05, 3.63) is 38.5 Å². The number of nitrogens with one attached hydrogen (secondary N) is 1. The van der Waals surface area contributed by atoms with Crippen LogP contribution in [0.2, 0.25) is 0 Å². The van der Waals surface area contributed by atoms with Gasteiger partial charge in [-0.15, -0.1) is 22.7 Å². The number of rotatable bonds is 4. The molecular weight excluding hydrogens is 224 g/mol. The fourth-order valence-corrected chi connectivity index (χ4v) is 2.86. The maximum absolute atomic E-state index is 4.33. The van der Waals surface area contributed by atoms with Crippen molar-refractivity contribution < 1.29 is 0 Å². The Labute approximate surface area is 98.0 Å². The summed E-state index contributed by atoms with van der Waals surface area (Å²) in [5, 5.41) is 6.75. The van der Waals surface area contributed by atoms with Crippen LogP contribution in [0, 0.1) is 6.92 Å². The van der Waals surface area contributed by atoms with E-state index in [0.29, 0.717) is 6.04 Å². The van der Waals surface area contributed by atoms with Gasteiger partial charge in [0.05, 0.1) is 0 Å². The molecule has 2 rings (SSSR count). The molecule has 2 heterocycles. The number of nitrogens with zero attached hydrogens (tertiary/aromatic N) is 1. The van der Waals surface area contributed by atoms with Gasteiger partial charge in [-0.2, -0.15) is 0 Å². The zero-order chi connectivity index (χ0) is 10.7. The molecule has 1 atom stereocenters. The molecule has 0 aromatic carbocycles. The van der Waals surface area contributed by atoms with Crippen LogP contribution in [0.4, 0.5) is 0 Å². The summed E-state index contributed by atoms with van der Waals surface area (Å²) >= 11 is 3.55. The lowest BCUT2D eigenvalue weighted by Gasteiger charge is -2.10. The summed E-state index contributed by atoms with van der Waals surface area (Å²) in [5.74, 6) is 0. The second kappa shape index (κ2) is 4.88. The molecule has 15 heavy (non-hydrogen) atoms. The molecule has 0 aliphatic rings. The van der Waals surface area contributed by atoms with Crippen molar-refractivity contribution in [1.29, 1.82) is 0 Å². The third-order valence-electron chi connectivity index (χ3n) is 2.20. The van der Waals surface area contributed by atoms with Crippen molar-refractivity contribution in [2.24, 2.45) is 0 Å². The van der Waals surface area contributed by atoms with E-state index in [1.54, 1.807) is 22.7 Å². The summed E-state index contributed by atoms with van der Waals surface area (Å²) in [4.78, 5) is 6.98. The molecule has 1 unspecified atom stereocenters. The van der Waals surface area contributed by atoms with E-state index >= 15 is 0 Å². The molecule has 2 nitrogen and oxygen atoms in total. The first kappa shape index (κ1) is 10.8. The Hall–Kier alpha value is -0.710. The molecule has 2 aromatic heterocycles. The second-order valence-corrected chi connectivity index (χ2v) is 5.78. The highest BCUT2D eigenvalue weighted by atomic mass is 32.1. The molecule has 4 heteroatoms. The number of aromatic nitrogens is 1. The Balaban J connectivity index is 1.88. The monoisotopic (exact) mass is 238 g/mol. The molecule has 0 spiro atoms. The smallest absolute Gasteiger partial charge is 0.107 e. The van der Waals surface area contributed by atoms with Crippen LogP contribution in [-0.4, -0.2) is 4.98 Å². The minimum Gasteiger partial charge on any atom is -0.303 e. The zero-order valence-electron chi connectivity index (χ0n) is 8.86. The quantitative estimate of drug-likeness (QED) is 0.883. The highest BCUT2D eigenvalue weighted by Crippen LogP contribution is 2.19. The zero-order valence-corrected chi connectivity index (χ0v) is 10.5. The molecule has 0 radical (unpaired) electrons. The van der Waals surface area contributed by atoms with Gasteiger partial charge >= 0.3 is 0 Å². The first-order chi connectivity index (χ1) is 7.25. The van der Waals surface area contributed by atoms with Crippen LogP contribution < -0.4 is 5.32 Å². The van der Waals surface area contributed by atoms with Gasteiger partial charge in [-0.3, -0.25) is 0 Å². The average molecular weight is 238 g/mol. The van der Waals surface area contributed by atoms with E-state index in [1.165, 1.54) is 9.75 Å². The van der Waals surface area contributed by atoms with Crippen LogP contribution in [0.25, 0.3) is 0 Å². The Bertz CT molecular complexity index is 406.